The van der Waals surface area contributed by atoms with Crippen molar-refractivity contribution in [2.45, 2.75) is 9.79 Å². The molecule has 0 radical (unpaired) electrons. The molecule has 0 amide bonds. The molecule has 4 N–H and O–H groups in total. The second-order valence-electron chi connectivity index (χ2n) is 6.23. The van der Waals surface area contributed by atoms with Crippen LogP contribution in [0.25, 0.3) is 0 Å². The molecule has 3 rings (SSSR count). The number of hydrogen-bond donors (Lipinski definition) is 2. The molecule has 0 heterocycles. The molecule has 0 atom stereocenters. The molecule has 0 saturated heterocycles. The van der Waals surface area contributed by atoms with Crippen molar-refractivity contribution in [3.05, 3.63) is 60.7 Å². The summed E-state index contributed by atoms with van der Waals surface area (Å²) in [6.45, 7) is 0. The van der Waals surface area contributed by atoms with E-state index >= 15 is 0 Å². The summed E-state index contributed by atoms with van der Waals surface area (Å²) in [5.74, 6) is 0. The van der Waals surface area contributed by atoms with Gasteiger partial charge in [-0.15, -0.1) is 10.2 Å². The van der Waals surface area contributed by atoms with Crippen LogP contribution in [0.2, 0.25) is 0 Å². The predicted molar refractivity (Wildman–Crippen MR) is 112 cm³/mol. The molecule has 0 aliphatic rings. The number of hydrogen-bond acceptors (Lipinski definition) is 12. The number of nitrogens with zero attached hydrogens (tertiary/aromatic N) is 4. The van der Waals surface area contributed by atoms with Crippen LogP contribution in [0.5, 0.6) is 0 Å². The molecule has 0 spiro atoms. The Morgan fingerprint density at radius 2 is 1.00 bits per heavy atom. The Morgan fingerprint density at radius 3 is 1.41 bits per heavy atom. The van der Waals surface area contributed by atoms with E-state index in [2.05, 4.69) is 20.5 Å². The van der Waals surface area contributed by atoms with Gasteiger partial charge < -0.3 is 20.6 Å². The molecular formula is C18H14N6Na2O6S2. The summed E-state index contributed by atoms with van der Waals surface area (Å²) < 4.78 is 65.8. The maximum atomic E-state index is 11.0. The largest absolute Gasteiger partial charge is 1.00 e. The molecule has 166 valence electrons. The van der Waals surface area contributed by atoms with Crippen molar-refractivity contribution in [1.29, 1.82) is 0 Å². The van der Waals surface area contributed by atoms with Crippen molar-refractivity contribution >= 4 is 54.4 Å². The summed E-state index contributed by atoms with van der Waals surface area (Å²) in [5, 5.41) is 15.8. The first-order chi connectivity index (χ1) is 14.9. The standard InChI is InChI=1S/C18H16N6O6S2.2Na/c19-15-9-10-16(23-21-11-1-5-13(6-2-11)31(25,26)27)17(20)18(15)24-22-12-3-7-14(8-4-12)32(28,29)30;;/h1-10H,19-20H2,(H,25,26,27)(H,28,29,30);;/q;2*+1/p-2. The van der Waals surface area contributed by atoms with E-state index in [1.54, 1.807) is 0 Å². The molecule has 12 nitrogen and oxygen atoms in total. The summed E-state index contributed by atoms with van der Waals surface area (Å²) in [4.78, 5) is -0.800. The van der Waals surface area contributed by atoms with E-state index in [-0.39, 0.29) is 93.2 Å². The predicted octanol–water partition coefficient (Wildman–Crippen LogP) is -2.50. The van der Waals surface area contributed by atoms with Gasteiger partial charge in [0.05, 0.1) is 32.5 Å². The minimum absolute atomic E-state index is 0. The van der Waals surface area contributed by atoms with Gasteiger partial charge in [0.2, 0.25) is 0 Å². The average Bonchev–Trinajstić information content (AvgIpc) is 2.72. The second-order valence-corrected chi connectivity index (χ2v) is 8.99. The summed E-state index contributed by atoms with van der Waals surface area (Å²) in [7, 11) is -9.14. The number of benzene rings is 3. The van der Waals surface area contributed by atoms with Gasteiger partial charge in [-0.05, 0) is 60.7 Å². The van der Waals surface area contributed by atoms with Crippen LogP contribution in [0.1, 0.15) is 0 Å². The van der Waals surface area contributed by atoms with Crippen molar-refractivity contribution in [2.24, 2.45) is 20.5 Å². The average molecular weight is 520 g/mol. The number of azo groups is 2. The topological polar surface area (TPSA) is 216 Å². The van der Waals surface area contributed by atoms with E-state index in [1.807, 2.05) is 0 Å². The third-order valence-electron chi connectivity index (χ3n) is 4.01. The van der Waals surface area contributed by atoms with Crippen LogP contribution < -0.4 is 70.6 Å². The molecule has 0 bridgehead atoms. The fraction of sp³-hybridized carbons (Fsp3) is 0. The molecule has 3 aromatic rings. The van der Waals surface area contributed by atoms with Crippen molar-refractivity contribution in [1.82, 2.24) is 0 Å². The van der Waals surface area contributed by atoms with Crippen LogP contribution in [0.4, 0.5) is 34.1 Å². The summed E-state index contributed by atoms with van der Waals surface area (Å²) in [6, 6.07) is 12.5. The van der Waals surface area contributed by atoms with Crippen molar-refractivity contribution in [2.75, 3.05) is 11.5 Å². The van der Waals surface area contributed by atoms with E-state index in [1.165, 1.54) is 36.4 Å². The molecule has 0 aliphatic carbocycles. The Labute approximate surface area is 239 Å². The summed E-state index contributed by atoms with van der Waals surface area (Å²) in [6.07, 6.45) is 0. The number of rotatable bonds is 6. The van der Waals surface area contributed by atoms with Gasteiger partial charge in [0.15, 0.2) is 0 Å². The number of nitrogen functional groups attached to an aromatic ring is 2. The first kappa shape index (κ1) is 30.3. The van der Waals surface area contributed by atoms with Crippen molar-refractivity contribution in [3.63, 3.8) is 0 Å². The van der Waals surface area contributed by atoms with Crippen LogP contribution in [0.3, 0.4) is 0 Å². The monoisotopic (exact) mass is 520 g/mol. The zero-order valence-electron chi connectivity index (χ0n) is 18.0. The SMILES string of the molecule is Nc1ccc(N=Nc2ccc(S(=O)(=O)[O-])cc2)c(N)c1N=Nc1ccc(S(=O)(=O)[O-])cc1.[Na+].[Na+]. The Bertz CT molecular complexity index is 1430. The van der Waals surface area contributed by atoms with Gasteiger partial charge in [0.1, 0.15) is 31.6 Å². The number of anilines is 2. The van der Waals surface area contributed by atoms with Gasteiger partial charge in [-0.3, -0.25) is 0 Å². The molecule has 16 heteroatoms. The van der Waals surface area contributed by atoms with Crippen molar-refractivity contribution in [3.8, 4) is 0 Å². The minimum atomic E-state index is -4.58. The van der Waals surface area contributed by atoms with E-state index < -0.39 is 30.0 Å². The first-order valence-electron chi connectivity index (χ1n) is 8.58. The molecule has 0 aromatic heterocycles. The van der Waals surface area contributed by atoms with E-state index in [4.69, 9.17) is 11.5 Å². The fourth-order valence-corrected chi connectivity index (χ4v) is 3.33. The van der Waals surface area contributed by atoms with Crippen LogP contribution in [-0.2, 0) is 20.2 Å². The first-order valence-corrected chi connectivity index (χ1v) is 11.4. The van der Waals surface area contributed by atoms with E-state index in [0.717, 1.165) is 24.3 Å². The molecule has 0 fully saturated rings. The Balaban J connectivity index is 0.00000289. The minimum Gasteiger partial charge on any atom is -0.744 e. The van der Waals surface area contributed by atoms with Crippen molar-refractivity contribution < 1.29 is 85.1 Å². The van der Waals surface area contributed by atoms with E-state index in [0.29, 0.717) is 0 Å². The van der Waals surface area contributed by atoms with Gasteiger partial charge in [-0.1, -0.05) is 0 Å². The zero-order valence-corrected chi connectivity index (χ0v) is 23.6. The summed E-state index contributed by atoms with van der Waals surface area (Å²) in [5.41, 5.74) is 13.0. The molecule has 0 aliphatic heterocycles. The van der Waals surface area contributed by atoms with E-state index in [9.17, 15) is 25.9 Å². The Hall–Kier alpha value is -1.72. The molecule has 3 aromatic carbocycles. The Kier molecular flexibility index (Phi) is 11.0. The van der Waals surface area contributed by atoms with Gasteiger partial charge in [-0.2, -0.15) is 10.2 Å². The normalized spacial score (nSPS) is 11.8. The Morgan fingerprint density at radius 1 is 0.588 bits per heavy atom. The van der Waals surface area contributed by atoms with Crippen LogP contribution in [0, 0.1) is 0 Å². The zero-order chi connectivity index (χ0) is 23.5. The van der Waals surface area contributed by atoms with Crippen LogP contribution in [0.15, 0.2) is 90.9 Å². The van der Waals surface area contributed by atoms with Crippen LogP contribution in [-0.4, -0.2) is 25.9 Å². The van der Waals surface area contributed by atoms with Gasteiger partial charge in [0, 0.05) is 0 Å². The maximum Gasteiger partial charge on any atom is 1.00 e. The second kappa shape index (κ2) is 12.3. The van der Waals surface area contributed by atoms with Crippen LogP contribution >= 0.6 is 0 Å². The quantitative estimate of drug-likeness (QED) is 0.153. The van der Waals surface area contributed by atoms with Gasteiger partial charge in [-0.25, -0.2) is 16.8 Å². The maximum absolute atomic E-state index is 11.0. The van der Waals surface area contributed by atoms with Gasteiger partial charge in [0.25, 0.3) is 0 Å². The number of nitrogens with two attached hydrogens (primary N) is 2. The van der Waals surface area contributed by atoms with Gasteiger partial charge >= 0.3 is 59.1 Å². The third-order valence-corrected chi connectivity index (χ3v) is 5.71. The third kappa shape index (κ3) is 7.91. The smallest absolute Gasteiger partial charge is 0.744 e. The fourth-order valence-electron chi connectivity index (χ4n) is 2.39. The summed E-state index contributed by atoms with van der Waals surface area (Å²) >= 11 is 0. The molecule has 0 unspecified atom stereocenters. The molecular weight excluding hydrogens is 506 g/mol. The molecule has 0 saturated carbocycles. The molecule has 34 heavy (non-hydrogen) atoms.